The molecule has 0 bridgehead atoms. The zero-order valence-corrected chi connectivity index (χ0v) is 16.2. The second kappa shape index (κ2) is 10.1. The highest BCUT2D eigenvalue weighted by atomic mass is 35.5. The van der Waals surface area contributed by atoms with Crippen molar-refractivity contribution in [2.75, 3.05) is 25.0 Å². The molecule has 0 spiro atoms. The number of para-hydroxylation sites is 1. The summed E-state index contributed by atoms with van der Waals surface area (Å²) >= 11 is 11.9. The van der Waals surface area contributed by atoms with Crippen LogP contribution in [0.5, 0.6) is 5.75 Å². The Hall–Kier alpha value is -2.31. The Bertz CT molecular complexity index is 817. The van der Waals surface area contributed by atoms with Gasteiger partial charge in [-0.3, -0.25) is 9.59 Å². The number of carbonyl (C=O) groups is 2. The van der Waals surface area contributed by atoms with E-state index in [0.29, 0.717) is 28.7 Å². The molecule has 0 aliphatic rings. The standard InChI is InChI=1S/C19H19Cl2FN2O3/c1-2-9-24(19(26)12-27-17-6-4-3-5-15(17)22)11-18(25)23-16-10-13(20)7-8-14(16)21/h3-8,10H,2,9,11-12H2,1H3,(H,23,25). The van der Waals surface area contributed by atoms with Gasteiger partial charge in [-0.2, -0.15) is 0 Å². The van der Waals surface area contributed by atoms with Crippen LogP contribution in [0.15, 0.2) is 42.5 Å². The zero-order chi connectivity index (χ0) is 19.8. The predicted octanol–water partition coefficient (Wildman–Crippen LogP) is 4.39. The third kappa shape index (κ3) is 6.41. The molecule has 2 rings (SSSR count). The van der Waals surface area contributed by atoms with Gasteiger partial charge in [0.15, 0.2) is 18.2 Å². The third-order valence-electron chi connectivity index (χ3n) is 3.57. The summed E-state index contributed by atoms with van der Waals surface area (Å²) < 4.78 is 18.8. The van der Waals surface area contributed by atoms with Gasteiger partial charge in [-0.15, -0.1) is 0 Å². The topological polar surface area (TPSA) is 58.6 Å². The molecule has 0 unspecified atom stereocenters. The fourth-order valence-corrected chi connectivity index (χ4v) is 2.65. The third-order valence-corrected chi connectivity index (χ3v) is 4.14. The minimum Gasteiger partial charge on any atom is -0.481 e. The highest BCUT2D eigenvalue weighted by Crippen LogP contribution is 2.25. The van der Waals surface area contributed by atoms with E-state index >= 15 is 0 Å². The first kappa shape index (κ1) is 21.0. The maximum absolute atomic E-state index is 13.6. The molecule has 0 radical (unpaired) electrons. The van der Waals surface area contributed by atoms with Crippen LogP contribution in [-0.2, 0) is 9.59 Å². The average molecular weight is 413 g/mol. The van der Waals surface area contributed by atoms with Crippen LogP contribution in [0.25, 0.3) is 0 Å². The Kier molecular flexibility index (Phi) is 7.88. The van der Waals surface area contributed by atoms with E-state index in [4.69, 9.17) is 27.9 Å². The van der Waals surface area contributed by atoms with Gasteiger partial charge in [-0.25, -0.2) is 4.39 Å². The van der Waals surface area contributed by atoms with Crippen molar-refractivity contribution in [2.45, 2.75) is 13.3 Å². The summed E-state index contributed by atoms with van der Waals surface area (Å²) in [7, 11) is 0. The largest absolute Gasteiger partial charge is 0.481 e. The highest BCUT2D eigenvalue weighted by Gasteiger charge is 2.18. The van der Waals surface area contributed by atoms with Crippen molar-refractivity contribution >= 4 is 40.7 Å². The number of carbonyl (C=O) groups excluding carboxylic acids is 2. The molecule has 5 nitrogen and oxygen atoms in total. The van der Waals surface area contributed by atoms with Crippen molar-refractivity contribution in [1.82, 2.24) is 4.90 Å². The minimum absolute atomic E-state index is 0.0162. The summed E-state index contributed by atoms with van der Waals surface area (Å²) in [6.07, 6.45) is 0.649. The number of nitrogens with one attached hydrogen (secondary N) is 1. The van der Waals surface area contributed by atoms with Gasteiger partial charge in [0.1, 0.15) is 0 Å². The van der Waals surface area contributed by atoms with Gasteiger partial charge in [-0.05, 0) is 36.8 Å². The van der Waals surface area contributed by atoms with E-state index < -0.39 is 17.6 Å². The number of nitrogens with zero attached hydrogens (tertiary/aromatic N) is 1. The number of benzene rings is 2. The smallest absolute Gasteiger partial charge is 0.260 e. The fourth-order valence-electron chi connectivity index (χ4n) is 2.31. The fraction of sp³-hybridized carbons (Fsp3) is 0.263. The summed E-state index contributed by atoms with van der Waals surface area (Å²) in [4.78, 5) is 26.0. The zero-order valence-electron chi connectivity index (χ0n) is 14.7. The van der Waals surface area contributed by atoms with E-state index in [1.807, 2.05) is 6.92 Å². The van der Waals surface area contributed by atoms with E-state index in [1.54, 1.807) is 18.2 Å². The SMILES string of the molecule is CCCN(CC(=O)Nc1cc(Cl)ccc1Cl)C(=O)COc1ccccc1F. The van der Waals surface area contributed by atoms with Crippen molar-refractivity contribution in [1.29, 1.82) is 0 Å². The number of amides is 2. The number of ether oxygens (including phenoxy) is 1. The monoisotopic (exact) mass is 412 g/mol. The van der Waals surface area contributed by atoms with Crippen LogP contribution in [0.4, 0.5) is 10.1 Å². The van der Waals surface area contributed by atoms with E-state index in [-0.39, 0.29) is 18.9 Å². The molecule has 0 aromatic heterocycles. The lowest BCUT2D eigenvalue weighted by Crippen LogP contribution is -2.41. The number of rotatable bonds is 8. The van der Waals surface area contributed by atoms with Crippen molar-refractivity contribution in [3.05, 3.63) is 58.3 Å². The van der Waals surface area contributed by atoms with Crippen LogP contribution in [0.3, 0.4) is 0 Å². The van der Waals surface area contributed by atoms with Crippen LogP contribution < -0.4 is 10.1 Å². The molecule has 8 heteroatoms. The number of hydrogen-bond donors (Lipinski definition) is 1. The first-order valence-electron chi connectivity index (χ1n) is 8.30. The van der Waals surface area contributed by atoms with Crippen molar-refractivity contribution in [2.24, 2.45) is 0 Å². The molecule has 0 atom stereocenters. The molecule has 0 saturated carbocycles. The van der Waals surface area contributed by atoms with Gasteiger partial charge >= 0.3 is 0 Å². The van der Waals surface area contributed by atoms with Crippen molar-refractivity contribution < 1.29 is 18.7 Å². The Labute approximate surface area is 167 Å². The van der Waals surface area contributed by atoms with Crippen LogP contribution >= 0.6 is 23.2 Å². The Balaban J connectivity index is 1.97. The van der Waals surface area contributed by atoms with E-state index in [2.05, 4.69) is 5.32 Å². The number of hydrogen-bond acceptors (Lipinski definition) is 3. The van der Waals surface area contributed by atoms with Crippen molar-refractivity contribution in [3.63, 3.8) is 0 Å². The molecule has 2 amide bonds. The molecule has 144 valence electrons. The maximum Gasteiger partial charge on any atom is 0.260 e. The summed E-state index contributed by atoms with van der Waals surface area (Å²) in [5.74, 6) is -1.42. The van der Waals surface area contributed by atoms with Gasteiger partial charge in [0.25, 0.3) is 5.91 Å². The number of halogens is 3. The van der Waals surface area contributed by atoms with E-state index in [0.717, 1.165) is 0 Å². The average Bonchev–Trinajstić information content (AvgIpc) is 2.63. The molecule has 2 aromatic rings. The molecule has 0 saturated heterocycles. The molecule has 27 heavy (non-hydrogen) atoms. The predicted molar refractivity (Wildman–Crippen MR) is 104 cm³/mol. The molecule has 0 fully saturated rings. The lowest BCUT2D eigenvalue weighted by molar-refractivity contribution is -0.136. The van der Waals surface area contributed by atoms with Gasteiger partial charge < -0.3 is 15.0 Å². The Morgan fingerprint density at radius 2 is 1.93 bits per heavy atom. The molecule has 0 aliphatic heterocycles. The van der Waals surface area contributed by atoms with Gasteiger partial charge in [0, 0.05) is 11.6 Å². The minimum atomic E-state index is -0.555. The summed E-state index contributed by atoms with van der Waals surface area (Å²) in [5, 5.41) is 3.39. The second-order valence-corrected chi connectivity index (χ2v) is 6.55. The maximum atomic E-state index is 13.6. The van der Waals surface area contributed by atoms with Gasteiger partial charge in [0.05, 0.1) is 17.3 Å². The van der Waals surface area contributed by atoms with E-state index in [9.17, 15) is 14.0 Å². The molecular weight excluding hydrogens is 394 g/mol. The Morgan fingerprint density at radius 3 is 2.63 bits per heavy atom. The number of anilines is 1. The lowest BCUT2D eigenvalue weighted by atomic mass is 10.3. The van der Waals surface area contributed by atoms with E-state index in [1.165, 1.54) is 29.2 Å². The molecule has 0 aliphatic carbocycles. The molecular formula is C19H19Cl2FN2O3. The first-order valence-corrected chi connectivity index (χ1v) is 9.06. The molecule has 1 N–H and O–H groups in total. The summed E-state index contributed by atoms with van der Waals surface area (Å²) in [6.45, 7) is 1.68. The van der Waals surface area contributed by atoms with Crippen molar-refractivity contribution in [3.8, 4) is 5.75 Å². The highest BCUT2D eigenvalue weighted by molar-refractivity contribution is 6.35. The van der Waals surface area contributed by atoms with Crippen LogP contribution in [0.1, 0.15) is 13.3 Å². The van der Waals surface area contributed by atoms with Gasteiger partial charge in [0.2, 0.25) is 5.91 Å². The quantitative estimate of drug-likeness (QED) is 0.699. The lowest BCUT2D eigenvalue weighted by Gasteiger charge is -2.22. The first-order chi connectivity index (χ1) is 12.9. The van der Waals surface area contributed by atoms with Crippen LogP contribution in [0, 0.1) is 5.82 Å². The molecule has 0 heterocycles. The summed E-state index contributed by atoms with van der Waals surface area (Å²) in [6, 6.07) is 10.5. The normalized spacial score (nSPS) is 10.4. The second-order valence-electron chi connectivity index (χ2n) is 5.71. The Morgan fingerprint density at radius 1 is 1.19 bits per heavy atom. The van der Waals surface area contributed by atoms with Crippen LogP contribution in [0.2, 0.25) is 10.0 Å². The molecule has 2 aromatic carbocycles. The summed E-state index contributed by atoms with van der Waals surface area (Å²) in [5.41, 5.74) is 0.362. The van der Waals surface area contributed by atoms with Crippen LogP contribution in [-0.4, -0.2) is 36.4 Å². The van der Waals surface area contributed by atoms with Gasteiger partial charge in [-0.1, -0.05) is 42.3 Å².